The molecule has 0 aliphatic heterocycles. The van der Waals surface area contributed by atoms with Crippen LogP contribution in [0, 0.1) is 0 Å². The molecule has 2 amide bonds. The number of unbranched alkanes of at least 4 members (excludes halogenated alkanes) is 1. The van der Waals surface area contributed by atoms with Gasteiger partial charge in [0.25, 0.3) is 0 Å². The van der Waals surface area contributed by atoms with Crippen molar-refractivity contribution in [2.75, 3.05) is 13.7 Å². The van der Waals surface area contributed by atoms with Gasteiger partial charge in [-0.25, -0.2) is 0 Å². The summed E-state index contributed by atoms with van der Waals surface area (Å²) in [7, 11) is 1.61. The highest BCUT2D eigenvalue weighted by Crippen LogP contribution is 2.21. The molecular formula is C24H31ClN2O3. The molecule has 30 heavy (non-hydrogen) atoms. The van der Waals surface area contributed by atoms with Gasteiger partial charge in [0, 0.05) is 18.1 Å². The molecule has 2 aromatic rings. The summed E-state index contributed by atoms with van der Waals surface area (Å²) >= 11 is 6.34. The second kappa shape index (κ2) is 12.2. The number of nitrogens with zero attached hydrogens (tertiary/aromatic N) is 1. The maximum absolute atomic E-state index is 13.3. The normalized spacial score (nSPS) is 11.6. The van der Waals surface area contributed by atoms with Gasteiger partial charge in [0.1, 0.15) is 11.8 Å². The van der Waals surface area contributed by atoms with Crippen molar-refractivity contribution in [3.05, 3.63) is 64.7 Å². The van der Waals surface area contributed by atoms with Gasteiger partial charge in [-0.15, -0.1) is 0 Å². The predicted molar refractivity (Wildman–Crippen MR) is 121 cm³/mol. The van der Waals surface area contributed by atoms with Gasteiger partial charge < -0.3 is 15.0 Å². The fourth-order valence-electron chi connectivity index (χ4n) is 3.26. The largest absolute Gasteiger partial charge is 0.497 e. The molecule has 0 saturated heterocycles. The van der Waals surface area contributed by atoms with E-state index in [1.807, 2.05) is 49.4 Å². The quantitative estimate of drug-likeness (QED) is 0.529. The van der Waals surface area contributed by atoms with Crippen LogP contribution in [0.15, 0.2) is 48.5 Å². The van der Waals surface area contributed by atoms with E-state index in [0.717, 1.165) is 29.7 Å². The number of methoxy groups -OCH3 is 1. The van der Waals surface area contributed by atoms with Crippen LogP contribution in [0.2, 0.25) is 5.02 Å². The molecule has 0 aromatic heterocycles. The molecule has 1 atom stereocenters. The molecule has 0 aliphatic carbocycles. The first kappa shape index (κ1) is 23.7. The second-order valence-corrected chi connectivity index (χ2v) is 7.61. The summed E-state index contributed by atoms with van der Waals surface area (Å²) in [6.07, 6.45) is 2.63. The minimum absolute atomic E-state index is 0.113. The van der Waals surface area contributed by atoms with E-state index in [2.05, 4.69) is 12.2 Å². The Morgan fingerprint density at radius 2 is 1.80 bits per heavy atom. The van der Waals surface area contributed by atoms with Crippen LogP contribution >= 0.6 is 11.6 Å². The van der Waals surface area contributed by atoms with Gasteiger partial charge >= 0.3 is 0 Å². The van der Waals surface area contributed by atoms with Crippen molar-refractivity contribution in [3.8, 4) is 5.75 Å². The topological polar surface area (TPSA) is 58.6 Å². The van der Waals surface area contributed by atoms with Gasteiger partial charge in [-0.2, -0.15) is 0 Å². The first-order valence-electron chi connectivity index (χ1n) is 10.4. The fourth-order valence-corrected chi connectivity index (χ4v) is 3.45. The monoisotopic (exact) mass is 430 g/mol. The van der Waals surface area contributed by atoms with E-state index in [1.165, 1.54) is 0 Å². The van der Waals surface area contributed by atoms with Gasteiger partial charge in [-0.3, -0.25) is 9.59 Å². The van der Waals surface area contributed by atoms with Crippen molar-refractivity contribution in [1.29, 1.82) is 0 Å². The van der Waals surface area contributed by atoms with Crippen LogP contribution in [0.1, 0.15) is 44.2 Å². The standard InChI is InChI=1S/C24H31ClN2O3/c1-4-6-15-26-24(29)22(5-2)27(17-19-9-7-8-10-21(19)25)23(28)16-18-11-13-20(30-3)14-12-18/h7-14,22H,4-6,15-17H2,1-3H3,(H,26,29)/t22-/m0/s1. The Morgan fingerprint density at radius 1 is 1.10 bits per heavy atom. The van der Waals surface area contributed by atoms with Crippen LogP contribution in [0.3, 0.4) is 0 Å². The zero-order valence-corrected chi connectivity index (χ0v) is 18.7. The van der Waals surface area contributed by atoms with Crippen molar-refractivity contribution in [1.82, 2.24) is 10.2 Å². The van der Waals surface area contributed by atoms with Crippen molar-refractivity contribution >= 4 is 23.4 Å². The number of halogens is 1. The second-order valence-electron chi connectivity index (χ2n) is 7.21. The van der Waals surface area contributed by atoms with Gasteiger partial charge in [-0.05, 0) is 42.2 Å². The average Bonchev–Trinajstić information content (AvgIpc) is 2.75. The summed E-state index contributed by atoms with van der Waals surface area (Å²) in [6, 6.07) is 14.3. The van der Waals surface area contributed by atoms with Gasteiger partial charge in [-0.1, -0.05) is 62.2 Å². The van der Waals surface area contributed by atoms with Crippen LogP contribution < -0.4 is 10.1 Å². The summed E-state index contributed by atoms with van der Waals surface area (Å²) in [4.78, 5) is 27.8. The first-order valence-corrected chi connectivity index (χ1v) is 10.8. The number of nitrogens with one attached hydrogen (secondary N) is 1. The van der Waals surface area contributed by atoms with Crippen LogP contribution in [0.5, 0.6) is 5.75 Å². The lowest BCUT2D eigenvalue weighted by molar-refractivity contribution is -0.140. The van der Waals surface area contributed by atoms with Gasteiger partial charge in [0.2, 0.25) is 11.8 Å². The van der Waals surface area contributed by atoms with Gasteiger partial charge in [0.15, 0.2) is 0 Å². The third kappa shape index (κ3) is 6.77. The molecule has 0 heterocycles. The van der Waals surface area contributed by atoms with Crippen LogP contribution in [0.4, 0.5) is 0 Å². The number of carbonyl (C=O) groups excluding carboxylic acids is 2. The molecule has 2 aromatic carbocycles. The van der Waals surface area contributed by atoms with E-state index in [-0.39, 0.29) is 24.8 Å². The van der Waals surface area contributed by atoms with Crippen LogP contribution in [-0.2, 0) is 22.6 Å². The Kier molecular flexibility index (Phi) is 9.68. The Labute approximate surface area is 184 Å². The molecule has 5 nitrogen and oxygen atoms in total. The zero-order valence-electron chi connectivity index (χ0n) is 18.0. The fraction of sp³-hybridized carbons (Fsp3) is 0.417. The molecule has 0 saturated carbocycles. The number of ether oxygens (including phenoxy) is 1. The van der Waals surface area contributed by atoms with Crippen LogP contribution in [0.25, 0.3) is 0 Å². The molecule has 0 bridgehead atoms. The number of hydrogen-bond acceptors (Lipinski definition) is 3. The number of rotatable bonds is 11. The molecule has 0 aliphatic rings. The molecule has 6 heteroatoms. The van der Waals surface area contributed by atoms with E-state index < -0.39 is 6.04 Å². The lowest BCUT2D eigenvalue weighted by Crippen LogP contribution is -2.49. The number of carbonyl (C=O) groups is 2. The zero-order chi connectivity index (χ0) is 21.9. The highest BCUT2D eigenvalue weighted by Gasteiger charge is 2.28. The SMILES string of the molecule is CCCCNC(=O)[C@H](CC)N(Cc1ccccc1Cl)C(=O)Cc1ccc(OC)cc1. The number of hydrogen-bond donors (Lipinski definition) is 1. The van der Waals surface area contributed by atoms with Gasteiger partial charge in [0.05, 0.1) is 13.5 Å². The molecule has 0 fully saturated rings. The molecule has 0 radical (unpaired) electrons. The van der Waals surface area contributed by atoms with E-state index in [4.69, 9.17) is 16.3 Å². The summed E-state index contributed by atoms with van der Waals surface area (Å²) in [5, 5.41) is 3.55. The molecule has 0 spiro atoms. The average molecular weight is 431 g/mol. The van der Waals surface area contributed by atoms with Crippen LogP contribution in [-0.4, -0.2) is 36.4 Å². The summed E-state index contributed by atoms with van der Waals surface area (Å²) in [5.41, 5.74) is 1.69. The minimum Gasteiger partial charge on any atom is -0.497 e. The molecule has 1 N–H and O–H groups in total. The van der Waals surface area contributed by atoms with Crippen molar-refractivity contribution in [3.63, 3.8) is 0 Å². The van der Waals surface area contributed by atoms with Crippen molar-refractivity contribution < 1.29 is 14.3 Å². The van der Waals surface area contributed by atoms with E-state index in [9.17, 15) is 9.59 Å². The lowest BCUT2D eigenvalue weighted by atomic mass is 10.1. The molecule has 0 unspecified atom stereocenters. The van der Waals surface area contributed by atoms with E-state index in [1.54, 1.807) is 18.1 Å². The Balaban J connectivity index is 2.24. The third-order valence-electron chi connectivity index (χ3n) is 5.03. The minimum atomic E-state index is -0.552. The molecule has 2 rings (SSSR count). The summed E-state index contributed by atoms with van der Waals surface area (Å²) in [6.45, 7) is 4.89. The number of benzene rings is 2. The maximum atomic E-state index is 13.3. The van der Waals surface area contributed by atoms with Crippen molar-refractivity contribution in [2.45, 2.75) is 52.1 Å². The predicted octanol–water partition coefficient (Wildman–Crippen LogP) is 4.61. The highest BCUT2D eigenvalue weighted by atomic mass is 35.5. The first-order chi connectivity index (χ1) is 14.5. The number of amides is 2. The molecular weight excluding hydrogens is 400 g/mol. The smallest absolute Gasteiger partial charge is 0.242 e. The highest BCUT2D eigenvalue weighted by molar-refractivity contribution is 6.31. The Hall–Kier alpha value is -2.53. The maximum Gasteiger partial charge on any atom is 0.242 e. The lowest BCUT2D eigenvalue weighted by Gasteiger charge is -2.31. The summed E-state index contributed by atoms with van der Waals surface area (Å²) in [5.74, 6) is 0.500. The Morgan fingerprint density at radius 3 is 2.40 bits per heavy atom. The Bertz CT molecular complexity index is 823. The van der Waals surface area contributed by atoms with Crippen molar-refractivity contribution in [2.24, 2.45) is 0 Å². The van der Waals surface area contributed by atoms with E-state index in [0.29, 0.717) is 18.0 Å². The summed E-state index contributed by atoms with van der Waals surface area (Å²) < 4.78 is 5.18. The third-order valence-corrected chi connectivity index (χ3v) is 5.40. The van der Waals surface area contributed by atoms with E-state index >= 15 is 0 Å². The molecule has 162 valence electrons.